The van der Waals surface area contributed by atoms with Crippen LogP contribution in [-0.4, -0.2) is 12.2 Å². The largest absolute Gasteiger partial charge is 0.365 e. The van der Waals surface area contributed by atoms with Crippen LogP contribution >= 0.6 is 24.6 Å². The molecule has 7 heavy (non-hydrogen) atoms. The fourth-order valence-corrected chi connectivity index (χ4v) is 0.0722. The van der Waals surface area contributed by atoms with Crippen LogP contribution in [0.5, 0.6) is 0 Å². The van der Waals surface area contributed by atoms with E-state index in [0.29, 0.717) is 5.11 Å². The Balaban J connectivity index is 0. The van der Waals surface area contributed by atoms with Crippen LogP contribution in [0.15, 0.2) is 0 Å². The average molecular weight is 142 g/mol. The van der Waals surface area contributed by atoms with Crippen molar-refractivity contribution in [1.82, 2.24) is 10.7 Å². The number of hydrogen-bond acceptors (Lipinski definition) is 2. The molecule has 0 aromatic carbocycles. The molecule has 0 spiro atoms. The molecule has 0 amide bonds. The van der Waals surface area contributed by atoms with Crippen LogP contribution in [0, 0.1) is 0 Å². The van der Waals surface area contributed by atoms with Crippen molar-refractivity contribution in [3.05, 3.63) is 0 Å². The summed E-state index contributed by atoms with van der Waals surface area (Å²) in [7, 11) is 1.70. The predicted molar refractivity (Wildman–Crippen MR) is 36.2 cm³/mol. The maximum Gasteiger partial charge on any atom is 0.180 e. The van der Waals surface area contributed by atoms with E-state index in [9.17, 15) is 0 Å². The first-order valence-corrected chi connectivity index (χ1v) is 1.90. The van der Waals surface area contributed by atoms with Gasteiger partial charge in [-0.15, -0.1) is 12.4 Å². The van der Waals surface area contributed by atoms with Gasteiger partial charge in [-0.1, -0.05) is 0 Å². The highest BCUT2D eigenvalue weighted by atomic mass is 35.5. The zero-order valence-electron chi connectivity index (χ0n) is 3.89. The van der Waals surface area contributed by atoms with E-state index in [0.717, 1.165) is 0 Å². The lowest BCUT2D eigenvalue weighted by atomic mass is 11.1. The molecule has 0 aliphatic heterocycles. The molecule has 0 fully saturated rings. The van der Waals surface area contributed by atoms with Crippen molar-refractivity contribution in [2.24, 2.45) is 5.84 Å². The third-order valence-electron chi connectivity index (χ3n) is 0.358. The second-order valence-corrected chi connectivity index (χ2v) is 1.13. The van der Waals surface area contributed by atoms with Gasteiger partial charge in [-0.25, -0.2) is 5.84 Å². The molecule has 0 aliphatic carbocycles. The molecule has 0 radical (unpaired) electrons. The van der Waals surface area contributed by atoms with Gasteiger partial charge in [0, 0.05) is 7.05 Å². The topological polar surface area (TPSA) is 50.1 Å². The molecular weight excluding hydrogens is 134 g/mol. The molecule has 0 rings (SSSR count). The van der Waals surface area contributed by atoms with Crippen LogP contribution in [-0.2, 0) is 0 Å². The summed E-state index contributed by atoms with van der Waals surface area (Å²) in [5.41, 5.74) is 2.23. The SMILES string of the molecule is CNC(=S)NN.Cl. The first kappa shape index (κ1) is 10.0. The van der Waals surface area contributed by atoms with Crippen LogP contribution in [0.1, 0.15) is 0 Å². The van der Waals surface area contributed by atoms with Gasteiger partial charge in [-0.2, -0.15) is 0 Å². The minimum atomic E-state index is 0. The maximum atomic E-state index is 4.83. The smallest absolute Gasteiger partial charge is 0.180 e. The normalized spacial score (nSPS) is 6.00. The summed E-state index contributed by atoms with van der Waals surface area (Å²) in [6.45, 7) is 0. The van der Waals surface area contributed by atoms with Gasteiger partial charge in [0.05, 0.1) is 0 Å². The molecule has 0 unspecified atom stereocenters. The quantitative estimate of drug-likeness (QED) is 0.239. The predicted octanol–water partition coefficient (Wildman–Crippen LogP) is -0.624. The van der Waals surface area contributed by atoms with E-state index in [1.54, 1.807) is 7.05 Å². The van der Waals surface area contributed by atoms with E-state index in [4.69, 9.17) is 5.84 Å². The summed E-state index contributed by atoms with van der Waals surface area (Å²) in [5, 5.41) is 3.06. The second kappa shape index (κ2) is 5.94. The van der Waals surface area contributed by atoms with Crippen molar-refractivity contribution in [1.29, 1.82) is 0 Å². The highest BCUT2D eigenvalue weighted by molar-refractivity contribution is 7.80. The molecule has 0 heterocycles. The van der Waals surface area contributed by atoms with Crippen LogP contribution in [0.2, 0.25) is 0 Å². The van der Waals surface area contributed by atoms with Gasteiger partial charge < -0.3 is 10.7 Å². The lowest BCUT2D eigenvalue weighted by molar-refractivity contribution is 0.976. The number of nitrogens with two attached hydrogens (primary N) is 1. The lowest BCUT2D eigenvalue weighted by Crippen LogP contribution is -2.37. The Labute approximate surface area is 54.0 Å². The highest BCUT2D eigenvalue weighted by Gasteiger charge is 1.75. The fraction of sp³-hybridized carbons (Fsp3) is 0.500. The average Bonchev–Trinajstić information content (AvgIpc) is 1.65. The van der Waals surface area contributed by atoms with Gasteiger partial charge >= 0.3 is 0 Å². The van der Waals surface area contributed by atoms with E-state index in [-0.39, 0.29) is 12.4 Å². The number of nitrogens with one attached hydrogen (secondary N) is 2. The lowest BCUT2D eigenvalue weighted by Gasteiger charge is -1.95. The van der Waals surface area contributed by atoms with E-state index in [2.05, 4.69) is 23.0 Å². The molecule has 4 N–H and O–H groups in total. The Morgan fingerprint density at radius 1 is 1.71 bits per heavy atom. The molecule has 0 saturated heterocycles. The molecule has 0 saturated carbocycles. The van der Waals surface area contributed by atoms with Crippen LogP contribution < -0.4 is 16.6 Å². The molecular formula is C2H8ClN3S. The first-order chi connectivity index (χ1) is 2.81. The summed E-state index contributed by atoms with van der Waals surface area (Å²) in [6.07, 6.45) is 0. The molecule has 0 aliphatic rings. The Kier molecular flexibility index (Phi) is 8.51. The van der Waals surface area contributed by atoms with Gasteiger partial charge in [0.15, 0.2) is 5.11 Å². The van der Waals surface area contributed by atoms with E-state index in [1.165, 1.54) is 0 Å². The van der Waals surface area contributed by atoms with E-state index < -0.39 is 0 Å². The summed E-state index contributed by atoms with van der Waals surface area (Å²) in [4.78, 5) is 0. The Morgan fingerprint density at radius 2 is 2.14 bits per heavy atom. The second-order valence-electron chi connectivity index (χ2n) is 0.723. The maximum absolute atomic E-state index is 4.83. The van der Waals surface area contributed by atoms with Gasteiger partial charge in [-0.3, -0.25) is 0 Å². The van der Waals surface area contributed by atoms with Crippen LogP contribution in [0.3, 0.4) is 0 Å². The van der Waals surface area contributed by atoms with Gasteiger partial charge in [0.2, 0.25) is 0 Å². The van der Waals surface area contributed by atoms with Crippen LogP contribution in [0.25, 0.3) is 0 Å². The number of hydrogen-bond donors (Lipinski definition) is 3. The van der Waals surface area contributed by atoms with Gasteiger partial charge in [0.1, 0.15) is 0 Å². The Bertz CT molecular complexity index is 50.9. The standard InChI is InChI=1S/C2H7N3S.ClH/c1-4-2(6)5-3;/h3H2,1H3,(H2,4,5,6);1H. The molecule has 44 valence electrons. The number of thiocarbonyl (C=S) groups is 1. The summed E-state index contributed by atoms with van der Waals surface area (Å²) in [6, 6.07) is 0. The molecule has 0 bridgehead atoms. The molecule has 5 heteroatoms. The van der Waals surface area contributed by atoms with Gasteiger partial charge in [0.25, 0.3) is 0 Å². The van der Waals surface area contributed by atoms with Crippen molar-refractivity contribution in [2.75, 3.05) is 7.05 Å². The van der Waals surface area contributed by atoms with Gasteiger partial charge in [-0.05, 0) is 12.2 Å². The monoisotopic (exact) mass is 141 g/mol. The van der Waals surface area contributed by atoms with Crippen LogP contribution in [0.4, 0.5) is 0 Å². The van der Waals surface area contributed by atoms with Crippen molar-refractivity contribution < 1.29 is 0 Å². The summed E-state index contributed by atoms with van der Waals surface area (Å²) < 4.78 is 0. The summed E-state index contributed by atoms with van der Waals surface area (Å²) in [5.74, 6) is 4.83. The minimum Gasteiger partial charge on any atom is -0.365 e. The zero-order chi connectivity index (χ0) is 4.99. The van der Waals surface area contributed by atoms with E-state index >= 15 is 0 Å². The number of rotatable bonds is 0. The van der Waals surface area contributed by atoms with Crippen molar-refractivity contribution in [3.8, 4) is 0 Å². The minimum absolute atomic E-state index is 0. The third kappa shape index (κ3) is 5.94. The summed E-state index contributed by atoms with van der Waals surface area (Å²) >= 11 is 4.51. The Morgan fingerprint density at radius 3 is 2.14 bits per heavy atom. The van der Waals surface area contributed by atoms with Crippen molar-refractivity contribution in [2.45, 2.75) is 0 Å². The molecule has 0 aromatic heterocycles. The fourth-order valence-electron chi connectivity index (χ4n) is 0.0722. The Hall–Kier alpha value is -0.0600. The molecule has 3 nitrogen and oxygen atoms in total. The zero-order valence-corrected chi connectivity index (χ0v) is 5.53. The number of hydrazine groups is 1. The highest BCUT2D eigenvalue weighted by Crippen LogP contribution is 1.49. The molecule has 0 atom stereocenters. The van der Waals surface area contributed by atoms with E-state index in [1.807, 2.05) is 0 Å². The molecule has 0 aromatic rings. The first-order valence-electron chi connectivity index (χ1n) is 1.49. The van der Waals surface area contributed by atoms with Crippen molar-refractivity contribution >= 4 is 29.7 Å². The third-order valence-corrected chi connectivity index (χ3v) is 0.680. The van der Waals surface area contributed by atoms with Crippen molar-refractivity contribution in [3.63, 3.8) is 0 Å². The number of halogens is 1.